The first-order chi connectivity index (χ1) is 8.58. The molecule has 5 heteroatoms. The number of hydrogen-bond donors (Lipinski definition) is 0. The zero-order valence-electron chi connectivity index (χ0n) is 11.5. The van der Waals surface area contributed by atoms with Gasteiger partial charge in [0.05, 0.1) is 26.1 Å². The molecule has 1 fully saturated rings. The third-order valence-electron chi connectivity index (χ3n) is 3.39. The van der Waals surface area contributed by atoms with Gasteiger partial charge in [0.25, 0.3) is 0 Å². The smallest absolute Gasteiger partial charge is 0.310 e. The minimum Gasteiger partial charge on any atom is -0.469 e. The van der Waals surface area contributed by atoms with Gasteiger partial charge in [-0.3, -0.25) is 14.5 Å². The molecule has 1 aliphatic heterocycles. The minimum atomic E-state index is -0.208. The molecule has 0 aliphatic carbocycles. The van der Waals surface area contributed by atoms with Crippen molar-refractivity contribution in [1.82, 2.24) is 4.90 Å². The molecule has 2 unspecified atom stereocenters. The molecule has 2 atom stereocenters. The number of nitrogens with zero attached hydrogens (tertiary/aromatic N) is 1. The summed E-state index contributed by atoms with van der Waals surface area (Å²) < 4.78 is 9.72. The van der Waals surface area contributed by atoms with E-state index in [9.17, 15) is 9.59 Å². The number of esters is 2. The standard InChI is InChI=1S/C13H23NO4/c1-4-18-13(16)11-6-5-7-14(9-11)10(2)8-12(15)17-3/h10-11H,4-9H2,1-3H3. The Bertz CT molecular complexity index is 293. The van der Waals surface area contributed by atoms with Crippen LogP contribution in [0.5, 0.6) is 0 Å². The number of methoxy groups -OCH3 is 1. The third-order valence-corrected chi connectivity index (χ3v) is 3.39. The van der Waals surface area contributed by atoms with Gasteiger partial charge in [-0.15, -0.1) is 0 Å². The largest absolute Gasteiger partial charge is 0.469 e. The summed E-state index contributed by atoms with van der Waals surface area (Å²) >= 11 is 0. The molecule has 5 nitrogen and oxygen atoms in total. The van der Waals surface area contributed by atoms with Crippen LogP contribution in [0.15, 0.2) is 0 Å². The summed E-state index contributed by atoms with van der Waals surface area (Å²) in [4.78, 5) is 25.1. The van der Waals surface area contributed by atoms with Crippen LogP contribution in [0.4, 0.5) is 0 Å². The van der Waals surface area contributed by atoms with E-state index in [4.69, 9.17) is 4.74 Å². The summed E-state index contributed by atoms with van der Waals surface area (Å²) in [5.74, 6) is -0.382. The lowest BCUT2D eigenvalue weighted by Crippen LogP contribution is -2.44. The zero-order valence-corrected chi connectivity index (χ0v) is 11.5. The highest BCUT2D eigenvalue weighted by atomic mass is 16.5. The maximum atomic E-state index is 11.7. The Hall–Kier alpha value is -1.10. The van der Waals surface area contributed by atoms with E-state index in [2.05, 4.69) is 9.64 Å². The summed E-state index contributed by atoms with van der Waals surface area (Å²) in [6.45, 7) is 5.83. The third kappa shape index (κ3) is 4.29. The van der Waals surface area contributed by atoms with Crippen LogP contribution in [0.25, 0.3) is 0 Å². The zero-order chi connectivity index (χ0) is 13.5. The predicted molar refractivity (Wildman–Crippen MR) is 67.0 cm³/mol. The molecule has 1 heterocycles. The maximum absolute atomic E-state index is 11.7. The van der Waals surface area contributed by atoms with E-state index in [1.54, 1.807) is 0 Å². The van der Waals surface area contributed by atoms with Gasteiger partial charge in [-0.05, 0) is 33.2 Å². The van der Waals surface area contributed by atoms with Crippen LogP contribution < -0.4 is 0 Å². The van der Waals surface area contributed by atoms with E-state index in [-0.39, 0.29) is 23.9 Å². The maximum Gasteiger partial charge on any atom is 0.310 e. The molecule has 104 valence electrons. The van der Waals surface area contributed by atoms with Crippen molar-refractivity contribution in [2.75, 3.05) is 26.8 Å². The van der Waals surface area contributed by atoms with E-state index < -0.39 is 0 Å². The number of carbonyl (C=O) groups excluding carboxylic acids is 2. The van der Waals surface area contributed by atoms with Crippen molar-refractivity contribution in [1.29, 1.82) is 0 Å². The molecule has 0 aromatic carbocycles. The number of rotatable bonds is 5. The lowest BCUT2D eigenvalue weighted by molar-refractivity contribution is -0.150. The summed E-state index contributed by atoms with van der Waals surface area (Å²) in [6.07, 6.45) is 2.21. The highest BCUT2D eigenvalue weighted by molar-refractivity contribution is 5.73. The lowest BCUT2D eigenvalue weighted by Gasteiger charge is -2.35. The summed E-state index contributed by atoms with van der Waals surface area (Å²) in [5, 5.41) is 0. The van der Waals surface area contributed by atoms with Crippen molar-refractivity contribution in [3.63, 3.8) is 0 Å². The van der Waals surface area contributed by atoms with Crippen molar-refractivity contribution >= 4 is 11.9 Å². The number of carbonyl (C=O) groups is 2. The minimum absolute atomic E-state index is 0.0567. The van der Waals surface area contributed by atoms with Crippen LogP contribution in [-0.4, -0.2) is 49.7 Å². The molecule has 0 saturated carbocycles. The van der Waals surface area contributed by atoms with Gasteiger partial charge < -0.3 is 9.47 Å². The molecule has 0 N–H and O–H groups in total. The van der Waals surface area contributed by atoms with Crippen LogP contribution in [0.3, 0.4) is 0 Å². The summed E-state index contributed by atoms with van der Waals surface area (Å²) in [6, 6.07) is 0.106. The molecule has 0 spiro atoms. The first-order valence-corrected chi connectivity index (χ1v) is 6.56. The van der Waals surface area contributed by atoms with Crippen LogP contribution >= 0.6 is 0 Å². The average Bonchev–Trinajstić information content (AvgIpc) is 2.39. The van der Waals surface area contributed by atoms with Gasteiger partial charge in [-0.2, -0.15) is 0 Å². The Morgan fingerprint density at radius 3 is 2.78 bits per heavy atom. The quantitative estimate of drug-likeness (QED) is 0.693. The van der Waals surface area contributed by atoms with Crippen molar-refractivity contribution in [3.8, 4) is 0 Å². The van der Waals surface area contributed by atoms with Crippen LogP contribution in [0.1, 0.15) is 33.1 Å². The fraction of sp³-hybridized carbons (Fsp3) is 0.846. The van der Waals surface area contributed by atoms with Gasteiger partial charge >= 0.3 is 11.9 Å². The topological polar surface area (TPSA) is 55.8 Å². The molecule has 0 radical (unpaired) electrons. The molecule has 0 aromatic rings. The number of likely N-dealkylation sites (tertiary alicyclic amines) is 1. The number of hydrogen-bond acceptors (Lipinski definition) is 5. The number of piperidine rings is 1. The summed E-state index contributed by atoms with van der Waals surface area (Å²) in [7, 11) is 1.40. The normalized spacial score (nSPS) is 22.3. The van der Waals surface area contributed by atoms with Crippen molar-refractivity contribution < 1.29 is 19.1 Å². The average molecular weight is 257 g/mol. The highest BCUT2D eigenvalue weighted by Crippen LogP contribution is 2.20. The van der Waals surface area contributed by atoms with Gasteiger partial charge in [0.1, 0.15) is 0 Å². The molecule has 1 saturated heterocycles. The van der Waals surface area contributed by atoms with Gasteiger partial charge in [0, 0.05) is 12.6 Å². The monoisotopic (exact) mass is 257 g/mol. The Kier molecular flexibility index (Phi) is 6.12. The van der Waals surface area contributed by atoms with Crippen molar-refractivity contribution in [2.24, 2.45) is 5.92 Å². The van der Waals surface area contributed by atoms with Gasteiger partial charge in [0.15, 0.2) is 0 Å². The Labute approximate surface area is 108 Å². The van der Waals surface area contributed by atoms with E-state index >= 15 is 0 Å². The van der Waals surface area contributed by atoms with Crippen LogP contribution in [-0.2, 0) is 19.1 Å². The van der Waals surface area contributed by atoms with E-state index in [0.717, 1.165) is 19.4 Å². The highest BCUT2D eigenvalue weighted by Gasteiger charge is 2.29. The van der Waals surface area contributed by atoms with E-state index in [1.165, 1.54) is 7.11 Å². The Balaban J connectivity index is 2.47. The molecule has 18 heavy (non-hydrogen) atoms. The van der Waals surface area contributed by atoms with E-state index in [0.29, 0.717) is 19.6 Å². The first kappa shape index (κ1) is 15.0. The first-order valence-electron chi connectivity index (χ1n) is 6.56. The van der Waals surface area contributed by atoms with Crippen LogP contribution in [0.2, 0.25) is 0 Å². The SMILES string of the molecule is CCOC(=O)C1CCCN(C(C)CC(=O)OC)C1. The molecule has 1 rings (SSSR count). The van der Waals surface area contributed by atoms with Gasteiger partial charge in [-0.25, -0.2) is 0 Å². The predicted octanol–water partition coefficient (Wildman–Crippen LogP) is 1.21. The molecule has 1 aliphatic rings. The summed E-state index contributed by atoms with van der Waals surface area (Å²) in [5.41, 5.74) is 0. The molecular formula is C13H23NO4. The van der Waals surface area contributed by atoms with Gasteiger partial charge in [-0.1, -0.05) is 0 Å². The second-order valence-electron chi connectivity index (χ2n) is 4.72. The lowest BCUT2D eigenvalue weighted by atomic mass is 9.96. The Morgan fingerprint density at radius 2 is 2.17 bits per heavy atom. The molecule has 0 amide bonds. The van der Waals surface area contributed by atoms with Crippen molar-refractivity contribution in [2.45, 2.75) is 39.2 Å². The molecular weight excluding hydrogens is 234 g/mol. The van der Waals surface area contributed by atoms with Crippen LogP contribution in [0, 0.1) is 5.92 Å². The fourth-order valence-electron chi connectivity index (χ4n) is 2.31. The molecule has 0 aromatic heterocycles. The second-order valence-corrected chi connectivity index (χ2v) is 4.72. The second kappa shape index (κ2) is 7.36. The fourth-order valence-corrected chi connectivity index (χ4v) is 2.31. The van der Waals surface area contributed by atoms with Gasteiger partial charge in [0.2, 0.25) is 0 Å². The number of ether oxygens (including phenoxy) is 2. The molecule has 0 bridgehead atoms. The van der Waals surface area contributed by atoms with Crippen molar-refractivity contribution in [3.05, 3.63) is 0 Å². The Morgan fingerprint density at radius 1 is 1.44 bits per heavy atom. The van der Waals surface area contributed by atoms with E-state index in [1.807, 2.05) is 13.8 Å².